The molecule has 1 rings (SSSR count). The summed E-state index contributed by atoms with van der Waals surface area (Å²) < 4.78 is 10.7. The van der Waals surface area contributed by atoms with Gasteiger partial charge >= 0.3 is 0 Å². The van der Waals surface area contributed by atoms with Crippen molar-refractivity contribution in [3.63, 3.8) is 0 Å². The smallest absolute Gasteiger partial charge is 0.187 e. The van der Waals surface area contributed by atoms with Crippen molar-refractivity contribution in [2.24, 2.45) is 0 Å². The lowest BCUT2D eigenvalue weighted by atomic mass is 9.98. The molecule has 11 heteroatoms. The zero-order chi connectivity index (χ0) is 27.6. The average Bonchev–Trinajstić information content (AvgIpc) is 2.90. The lowest BCUT2D eigenvalue weighted by molar-refractivity contribution is -0.327. The fourth-order valence-corrected chi connectivity index (χ4v) is 4.52. The molecular weight excluding hydrogens is 486 g/mol. The van der Waals surface area contributed by atoms with Crippen LogP contribution in [0.3, 0.4) is 0 Å². The van der Waals surface area contributed by atoms with Gasteiger partial charge in [0.05, 0.1) is 19.3 Å². The second-order valence-corrected chi connectivity index (χ2v) is 10.2. The van der Waals surface area contributed by atoms with Crippen LogP contribution in [0.1, 0.15) is 84.0 Å². The topological polar surface area (TPSA) is 192 Å². The van der Waals surface area contributed by atoms with E-state index in [-0.39, 0.29) is 6.54 Å². The Hall–Kier alpha value is -0.440. The van der Waals surface area contributed by atoms with Gasteiger partial charge in [0.1, 0.15) is 42.7 Å². The summed E-state index contributed by atoms with van der Waals surface area (Å²) >= 11 is 0. The zero-order valence-electron chi connectivity index (χ0n) is 22.4. The van der Waals surface area contributed by atoms with Gasteiger partial charge in [0.25, 0.3) is 0 Å². The molecule has 1 heterocycles. The molecule has 11 nitrogen and oxygen atoms in total. The van der Waals surface area contributed by atoms with E-state index in [9.17, 15) is 40.9 Å². The Kier molecular flexibility index (Phi) is 19.1. The molecule has 0 aromatic heterocycles. The number of rotatable bonds is 22. The number of aliphatic hydroxyl groups excluding tert-OH is 8. The quantitative estimate of drug-likeness (QED) is 0.0808. The highest BCUT2D eigenvalue weighted by molar-refractivity contribution is 4.91. The molecular formula is C26H53NO10. The third-order valence-corrected chi connectivity index (χ3v) is 7.00. The third-order valence-electron chi connectivity index (χ3n) is 7.00. The van der Waals surface area contributed by atoms with Crippen LogP contribution in [0.2, 0.25) is 0 Å². The van der Waals surface area contributed by atoms with Gasteiger partial charge in [-0.25, -0.2) is 0 Å². The number of hydrogen-bond donors (Lipinski definition) is 9. The van der Waals surface area contributed by atoms with Crippen LogP contribution in [0.4, 0.5) is 0 Å². The second kappa shape index (κ2) is 20.5. The third kappa shape index (κ3) is 13.0. The Morgan fingerprint density at radius 2 is 1.27 bits per heavy atom. The van der Waals surface area contributed by atoms with E-state index in [0.29, 0.717) is 6.54 Å². The molecule has 0 amide bonds. The van der Waals surface area contributed by atoms with Crippen molar-refractivity contribution < 1.29 is 50.3 Å². The lowest BCUT2D eigenvalue weighted by Gasteiger charge is -2.42. The summed E-state index contributed by atoms with van der Waals surface area (Å²) in [7, 11) is 0. The molecule has 0 aromatic carbocycles. The minimum Gasteiger partial charge on any atom is -0.394 e. The van der Waals surface area contributed by atoms with E-state index >= 15 is 0 Å². The summed E-state index contributed by atoms with van der Waals surface area (Å²) in [5, 5.41) is 82.7. The van der Waals surface area contributed by atoms with Gasteiger partial charge in [-0.1, -0.05) is 77.6 Å². The normalized spacial score (nSPS) is 27.6. The molecule has 0 bridgehead atoms. The summed E-state index contributed by atoms with van der Waals surface area (Å²) in [6, 6.07) is 0. The molecule has 1 saturated heterocycles. The maximum atomic E-state index is 10.6. The highest BCUT2D eigenvalue weighted by Gasteiger charge is 2.46. The van der Waals surface area contributed by atoms with Crippen LogP contribution in [0.5, 0.6) is 0 Å². The van der Waals surface area contributed by atoms with Gasteiger partial charge in [0.2, 0.25) is 0 Å². The number of nitrogens with one attached hydrogen (secondary N) is 1. The van der Waals surface area contributed by atoms with E-state index in [1.807, 2.05) is 0 Å². The first kappa shape index (κ1) is 34.6. The van der Waals surface area contributed by atoms with Crippen molar-refractivity contribution in [2.45, 2.75) is 139 Å². The van der Waals surface area contributed by atoms with Gasteiger partial charge in [-0.15, -0.1) is 0 Å². The van der Waals surface area contributed by atoms with Gasteiger partial charge < -0.3 is 55.6 Å². The predicted octanol–water partition coefficient (Wildman–Crippen LogP) is -0.463. The van der Waals surface area contributed by atoms with E-state index in [4.69, 9.17) is 9.47 Å². The van der Waals surface area contributed by atoms with Gasteiger partial charge in [-0.2, -0.15) is 0 Å². The van der Waals surface area contributed by atoms with Gasteiger partial charge in [0, 0.05) is 6.54 Å². The minimum atomic E-state index is -1.75. The predicted molar refractivity (Wildman–Crippen MR) is 138 cm³/mol. The van der Waals surface area contributed by atoms with E-state index in [0.717, 1.165) is 19.3 Å². The monoisotopic (exact) mass is 539 g/mol. The Labute approximate surface area is 221 Å². The fourth-order valence-electron chi connectivity index (χ4n) is 4.52. The first-order valence-corrected chi connectivity index (χ1v) is 14.1. The summed E-state index contributed by atoms with van der Waals surface area (Å²) in [6.07, 6.45) is 0.714. The molecule has 0 aliphatic carbocycles. The summed E-state index contributed by atoms with van der Waals surface area (Å²) in [6.45, 7) is 1.39. The standard InChI is InChI=1S/C26H53NO10/c1-2-3-4-5-6-7-8-9-10-11-12-13-14-27-15-18(30)21(32)25(19(31)16-28)37-26-24(35)23(34)22(33)20(17-29)36-26/h18-35H,2-17H2,1H3. The number of ether oxygens (including phenoxy) is 2. The maximum Gasteiger partial charge on any atom is 0.187 e. The van der Waals surface area contributed by atoms with Crippen LogP contribution in [-0.2, 0) is 9.47 Å². The number of unbranched alkanes of at least 4 members (excludes halogenated alkanes) is 11. The maximum absolute atomic E-state index is 10.6. The minimum absolute atomic E-state index is 0.00584. The largest absolute Gasteiger partial charge is 0.394 e. The molecule has 9 N–H and O–H groups in total. The van der Waals surface area contributed by atoms with E-state index in [1.165, 1.54) is 57.8 Å². The molecule has 0 radical (unpaired) electrons. The zero-order valence-corrected chi connectivity index (χ0v) is 22.4. The molecule has 222 valence electrons. The van der Waals surface area contributed by atoms with Crippen LogP contribution in [0.15, 0.2) is 0 Å². The molecule has 0 saturated carbocycles. The Morgan fingerprint density at radius 1 is 0.730 bits per heavy atom. The fraction of sp³-hybridized carbons (Fsp3) is 1.00. The Morgan fingerprint density at radius 3 is 1.78 bits per heavy atom. The summed E-state index contributed by atoms with van der Waals surface area (Å²) in [5.74, 6) is 0. The summed E-state index contributed by atoms with van der Waals surface area (Å²) in [4.78, 5) is 0. The van der Waals surface area contributed by atoms with E-state index in [1.54, 1.807) is 0 Å². The van der Waals surface area contributed by atoms with Crippen molar-refractivity contribution in [3.05, 3.63) is 0 Å². The van der Waals surface area contributed by atoms with Crippen LogP contribution in [0.25, 0.3) is 0 Å². The molecule has 9 atom stereocenters. The van der Waals surface area contributed by atoms with E-state index < -0.39 is 68.3 Å². The molecule has 37 heavy (non-hydrogen) atoms. The molecule has 0 aromatic rings. The molecule has 9 unspecified atom stereocenters. The van der Waals surface area contributed by atoms with Gasteiger partial charge in [-0.05, 0) is 13.0 Å². The molecule has 1 fully saturated rings. The van der Waals surface area contributed by atoms with Gasteiger partial charge in [-0.3, -0.25) is 0 Å². The van der Waals surface area contributed by atoms with Crippen LogP contribution < -0.4 is 5.32 Å². The second-order valence-electron chi connectivity index (χ2n) is 10.2. The van der Waals surface area contributed by atoms with Crippen LogP contribution in [0, 0.1) is 0 Å². The van der Waals surface area contributed by atoms with Gasteiger partial charge in [0.15, 0.2) is 6.29 Å². The van der Waals surface area contributed by atoms with Crippen molar-refractivity contribution >= 4 is 0 Å². The van der Waals surface area contributed by atoms with Crippen LogP contribution >= 0.6 is 0 Å². The first-order valence-electron chi connectivity index (χ1n) is 14.1. The van der Waals surface area contributed by atoms with E-state index in [2.05, 4.69) is 12.2 Å². The van der Waals surface area contributed by atoms with Crippen molar-refractivity contribution in [1.82, 2.24) is 5.32 Å². The van der Waals surface area contributed by atoms with Crippen molar-refractivity contribution in [3.8, 4) is 0 Å². The lowest BCUT2D eigenvalue weighted by Crippen LogP contribution is -2.61. The molecule has 1 aliphatic rings. The first-order chi connectivity index (χ1) is 17.8. The number of hydrogen-bond acceptors (Lipinski definition) is 11. The highest BCUT2D eigenvalue weighted by Crippen LogP contribution is 2.25. The van der Waals surface area contributed by atoms with Crippen LogP contribution in [-0.4, -0.2) is 122 Å². The molecule has 1 aliphatic heterocycles. The van der Waals surface area contributed by atoms with Crippen molar-refractivity contribution in [2.75, 3.05) is 26.3 Å². The highest BCUT2D eigenvalue weighted by atomic mass is 16.7. The Balaban J connectivity index is 2.30. The SMILES string of the molecule is CCCCCCCCCCCCCCNCC(O)C(O)C(OC1OC(CO)C(O)C(O)C1O)C(O)CO. The number of aliphatic hydroxyl groups is 8. The Bertz CT molecular complexity index is 543. The average molecular weight is 540 g/mol. The summed E-state index contributed by atoms with van der Waals surface area (Å²) in [5.41, 5.74) is 0. The molecule has 0 spiro atoms. The van der Waals surface area contributed by atoms with Crippen molar-refractivity contribution in [1.29, 1.82) is 0 Å².